The second kappa shape index (κ2) is 5.65. The molecule has 112 valence electrons. The van der Waals surface area contributed by atoms with Gasteiger partial charge in [0.25, 0.3) is 5.91 Å². The number of nitrogens with zero attached hydrogens (tertiary/aromatic N) is 4. The lowest BCUT2D eigenvalue weighted by atomic mass is 9.99. The molecule has 0 bridgehead atoms. The van der Waals surface area contributed by atoms with Gasteiger partial charge in [0.1, 0.15) is 11.5 Å². The van der Waals surface area contributed by atoms with Gasteiger partial charge in [0.2, 0.25) is 0 Å². The molecule has 6 heteroatoms. The Morgan fingerprint density at radius 2 is 1.95 bits per heavy atom. The first-order valence-corrected chi connectivity index (χ1v) is 6.89. The summed E-state index contributed by atoms with van der Waals surface area (Å²) in [7, 11) is 3.02. The highest BCUT2D eigenvalue weighted by atomic mass is 16.7. The third-order valence-electron chi connectivity index (χ3n) is 3.65. The monoisotopic (exact) mass is 296 g/mol. The zero-order valence-electron chi connectivity index (χ0n) is 12.7. The lowest BCUT2D eigenvalue weighted by molar-refractivity contribution is -0.160. The van der Waals surface area contributed by atoms with E-state index in [4.69, 9.17) is 4.84 Å². The average Bonchev–Trinajstić information content (AvgIpc) is 2.97. The van der Waals surface area contributed by atoms with E-state index >= 15 is 0 Å². The summed E-state index contributed by atoms with van der Waals surface area (Å²) in [5, 5.41) is 1.18. The fourth-order valence-electron chi connectivity index (χ4n) is 2.32. The molecule has 0 radical (unpaired) electrons. The number of aliphatic imine (C=N–C) groups is 1. The number of hydrogen-bond donors (Lipinski definition) is 0. The van der Waals surface area contributed by atoms with Gasteiger partial charge in [0, 0.05) is 30.6 Å². The summed E-state index contributed by atoms with van der Waals surface area (Å²) in [6.07, 6.45) is 3.55. The molecule has 0 fully saturated rings. The van der Waals surface area contributed by atoms with Crippen LogP contribution < -0.4 is 0 Å². The van der Waals surface area contributed by atoms with E-state index < -0.39 is 0 Å². The molecule has 1 aromatic heterocycles. The average molecular weight is 296 g/mol. The molecule has 0 saturated carbocycles. The Labute approximate surface area is 128 Å². The summed E-state index contributed by atoms with van der Waals surface area (Å²) in [4.78, 5) is 30.0. The maximum Gasteiger partial charge on any atom is 0.295 e. The molecule has 3 rings (SSSR count). The van der Waals surface area contributed by atoms with Gasteiger partial charge in [-0.3, -0.25) is 14.6 Å². The first kappa shape index (κ1) is 14.3. The predicted molar refractivity (Wildman–Crippen MR) is 82.2 cm³/mol. The summed E-state index contributed by atoms with van der Waals surface area (Å²) in [5.74, 6) is 0.475. The van der Waals surface area contributed by atoms with Crippen molar-refractivity contribution in [2.45, 2.75) is 13.5 Å². The van der Waals surface area contributed by atoms with Crippen molar-refractivity contribution in [1.29, 1.82) is 0 Å². The van der Waals surface area contributed by atoms with Gasteiger partial charge in [-0.2, -0.15) is 0 Å². The third kappa shape index (κ3) is 2.48. The van der Waals surface area contributed by atoms with Crippen molar-refractivity contribution < 1.29 is 9.63 Å². The lowest BCUT2D eigenvalue weighted by Crippen LogP contribution is -2.32. The highest BCUT2D eigenvalue weighted by Gasteiger charge is 2.25. The summed E-state index contributed by atoms with van der Waals surface area (Å²) in [5.41, 5.74) is 4.17. The zero-order chi connectivity index (χ0) is 15.7. The largest absolute Gasteiger partial charge is 0.295 e. The van der Waals surface area contributed by atoms with Crippen molar-refractivity contribution in [3.63, 3.8) is 0 Å². The second-order valence-electron chi connectivity index (χ2n) is 5.04. The molecule has 0 aliphatic carbocycles. The third-order valence-corrected chi connectivity index (χ3v) is 3.65. The summed E-state index contributed by atoms with van der Waals surface area (Å²) < 4.78 is 0. The van der Waals surface area contributed by atoms with E-state index in [-0.39, 0.29) is 5.91 Å². The number of hydroxylamine groups is 2. The smallest absolute Gasteiger partial charge is 0.274 e. The number of fused-ring (bicyclic) bond motifs is 1. The van der Waals surface area contributed by atoms with Crippen molar-refractivity contribution in [1.82, 2.24) is 15.0 Å². The first-order chi connectivity index (χ1) is 10.6. The van der Waals surface area contributed by atoms with Crippen LogP contribution in [-0.4, -0.2) is 40.8 Å². The highest BCUT2D eigenvalue weighted by molar-refractivity contribution is 6.46. The molecule has 1 aromatic carbocycles. The van der Waals surface area contributed by atoms with E-state index in [0.717, 1.165) is 28.1 Å². The number of likely N-dealkylation sites (N-methyl/N-ethyl adjacent to an activating group) is 1. The van der Waals surface area contributed by atoms with Gasteiger partial charge in [0.15, 0.2) is 0 Å². The van der Waals surface area contributed by atoms with Gasteiger partial charge in [-0.05, 0) is 24.1 Å². The molecule has 2 heterocycles. The fraction of sp³-hybridized carbons (Fsp3) is 0.250. The van der Waals surface area contributed by atoms with E-state index in [2.05, 4.69) is 15.0 Å². The van der Waals surface area contributed by atoms with Crippen LogP contribution in [-0.2, 0) is 16.2 Å². The number of amides is 1. The van der Waals surface area contributed by atoms with Gasteiger partial charge >= 0.3 is 0 Å². The molecule has 1 aliphatic heterocycles. The Morgan fingerprint density at radius 3 is 2.64 bits per heavy atom. The summed E-state index contributed by atoms with van der Waals surface area (Å²) in [6, 6.07) is 5.94. The molecule has 0 spiro atoms. The van der Waals surface area contributed by atoms with Gasteiger partial charge in [-0.1, -0.05) is 12.1 Å². The number of carbonyl (C=O) groups excluding carboxylic acids is 1. The number of benzene rings is 1. The molecular formula is C16H16N4O2. The van der Waals surface area contributed by atoms with Crippen LogP contribution in [0.5, 0.6) is 0 Å². The summed E-state index contributed by atoms with van der Waals surface area (Å²) in [6.45, 7) is 2.36. The maximum atomic E-state index is 12.3. The van der Waals surface area contributed by atoms with Crippen LogP contribution >= 0.6 is 0 Å². The predicted octanol–water partition coefficient (Wildman–Crippen LogP) is 1.77. The molecule has 0 N–H and O–H groups in total. The number of aryl methyl sites for hydroxylation is 1. The maximum absolute atomic E-state index is 12.3. The van der Waals surface area contributed by atoms with Gasteiger partial charge in [-0.15, -0.1) is 0 Å². The molecule has 0 saturated heterocycles. The van der Waals surface area contributed by atoms with Gasteiger partial charge in [0.05, 0.1) is 13.7 Å². The van der Waals surface area contributed by atoms with Crippen LogP contribution in [0.3, 0.4) is 0 Å². The number of rotatable bonds is 3. The quantitative estimate of drug-likeness (QED) is 0.810. The van der Waals surface area contributed by atoms with Crippen molar-refractivity contribution in [3.8, 4) is 11.1 Å². The van der Waals surface area contributed by atoms with E-state index in [1.165, 1.54) is 12.2 Å². The van der Waals surface area contributed by atoms with E-state index in [1.807, 2.05) is 25.1 Å². The van der Waals surface area contributed by atoms with E-state index in [9.17, 15) is 4.79 Å². The zero-order valence-corrected chi connectivity index (χ0v) is 12.7. The van der Waals surface area contributed by atoms with Crippen LogP contribution in [0.25, 0.3) is 11.1 Å². The van der Waals surface area contributed by atoms with Gasteiger partial charge in [-0.25, -0.2) is 15.0 Å². The van der Waals surface area contributed by atoms with Crippen molar-refractivity contribution in [3.05, 3.63) is 47.5 Å². The molecule has 22 heavy (non-hydrogen) atoms. The minimum Gasteiger partial charge on any atom is -0.274 e. The van der Waals surface area contributed by atoms with Crippen molar-refractivity contribution >= 4 is 11.6 Å². The van der Waals surface area contributed by atoms with Crippen molar-refractivity contribution in [2.24, 2.45) is 4.99 Å². The SMILES string of the molecule is CON(C)C(=O)C1=NCc2ccc(-c3cnc(C)nc3)cc21. The minimum atomic E-state index is -0.251. The Morgan fingerprint density at radius 1 is 1.23 bits per heavy atom. The molecule has 2 aromatic rings. The fourth-order valence-corrected chi connectivity index (χ4v) is 2.32. The van der Waals surface area contributed by atoms with E-state index in [0.29, 0.717) is 12.3 Å². The first-order valence-electron chi connectivity index (χ1n) is 6.89. The normalized spacial score (nSPS) is 12.8. The van der Waals surface area contributed by atoms with Crippen LogP contribution in [0, 0.1) is 6.92 Å². The molecule has 0 atom stereocenters. The molecule has 6 nitrogen and oxygen atoms in total. The van der Waals surface area contributed by atoms with Crippen LogP contribution in [0.15, 0.2) is 35.6 Å². The Bertz CT molecular complexity index is 753. The standard InChI is InChI=1S/C16H16N4O2/c1-10-17-8-13(9-18-10)11-4-5-12-7-19-15(14(12)6-11)16(21)20(2)22-3/h4-6,8-9H,7H2,1-3H3. The van der Waals surface area contributed by atoms with Gasteiger partial charge < -0.3 is 0 Å². The number of hydrogen-bond acceptors (Lipinski definition) is 5. The number of carbonyl (C=O) groups is 1. The molecule has 1 aliphatic rings. The Hall–Kier alpha value is -2.60. The van der Waals surface area contributed by atoms with Crippen LogP contribution in [0.4, 0.5) is 0 Å². The lowest BCUT2D eigenvalue weighted by Gasteiger charge is -2.14. The summed E-state index contributed by atoms with van der Waals surface area (Å²) >= 11 is 0. The van der Waals surface area contributed by atoms with Crippen molar-refractivity contribution in [2.75, 3.05) is 14.2 Å². The van der Waals surface area contributed by atoms with E-state index in [1.54, 1.807) is 19.4 Å². The van der Waals surface area contributed by atoms with Crippen LogP contribution in [0.1, 0.15) is 17.0 Å². The second-order valence-corrected chi connectivity index (χ2v) is 5.04. The topological polar surface area (TPSA) is 67.7 Å². The molecule has 1 amide bonds. The Kier molecular flexibility index (Phi) is 3.68. The molecule has 0 unspecified atom stereocenters. The molecular weight excluding hydrogens is 280 g/mol. The highest BCUT2D eigenvalue weighted by Crippen LogP contribution is 2.26. The Balaban J connectivity index is 1.98. The number of aromatic nitrogens is 2. The minimum absolute atomic E-state index is 0.251. The van der Waals surface area contributed by atoms with Crippen LogP contribution in [0.2, 0.25) is 0 Å².